The van der Waals surface area contributed by atoms with Gasteiger partial charge in [-0.2, -0.15) is 0 Å². The average molecular weight is 439 g/mol. The average Bonchev–Trinajstić information content (AvgIpc) is 2.60. The van der Waals surface area contributed by atoms with Crippen molar-refractivity contribution in [2.45, 2.75) is 24.2 Å². The number of halogens is 1. The Morgan fingerprint density at radius 3 is 2.31 bits per heavy atom. The van der Waals surface area contributed by atoms with Crippen molar-refractivity contribution in [1.29, 1.82) is 0 Å². The summed E-state index contributed by atoms with van der Waals surface area (Å²) in [5.74, 6) is -0.300. The van der Waals surface area contributed by atoms with Crippen LogP contribution in [0.15, 0.2) is 57.9 Å². The van der Waals surface area contributed by atoms with E-state index in [1.165, 1.54) is 26.2 Å². The summed E-state index contributed by atoms with van der Waals surface area (Å²) in [6.07, 6.45) is 0. The molecular weight excluding hydrogens is 416 g/mol. The Bertz CT molecular complexity index is 891. The van der Waals surface area contributed by atoms with Crippen molar-refractivity contribution in [2.75, 3.05) is 20.6 Å². The van der Waals surface area contributed by atoms with E-state index >= 15 is 0 Å². The molecule has 140 valence electrons. The van der Waals surface area contributed by atoms with E-state index in [0.29, 0.717) is 12.1 Å². The molecule has 0 aliphatic carbocycles. The van der Waals surface area contributed by atoms with Gasteiger partial charge in [0.1, 0.15) is 0 Å². The Morgan fingerprint density at radius 2 is 1.73 bits per heavy atom. The zero-order valence-corrected chi connectivity index (χ0v) is 17.7. The number of benzene rings is 2. The standard InChI is InChI=1S/C19H23BrN2O3S/c1-19(2,15-8-10-16(20)11-9-15)13-21-18(23)14-6-5-7-17(12-14)26(24,25)22(3)4/h5-12H,13H2,1-4H3,(H,21,23). The van der Waals surface area contributed by atoms with Gasteiger partial charge in [0.15, 0.2) is 0 Å². The maximum atomic E-state index is 12.5. The lowest BCUT2D eigenvalue weighted by molar-refractivity contribution is 0.0945. The fourth-order valence-corrected chi connectivity index (χ4v) is 3.63. The molecule has 7 heteroatoms. The zero-order chi connectivity index (χ0) is 19.5. The van der Waals surface area contributed by atoms with Gasteiger partial charge in [-0.15, -0.1) is 0 Å². The first-order valence-corrected chi connectivity index (χ1v) is 10.3. The summed E-state index contributed by atoms with van der Waals surface area (Å²) in [5, 5.41) is 2.90. The smallest absolute Gasteiger partial charge is 0.251 e. The number of hydrogen-bond acceptors (Lipinski definition) is 3. The molecule has 0 aliphatic heterocycles. The summed E-state index contributed by atoms with van der Waals surface area (Å²) in [7, 11) is -0.652. The minimum atomic E-state index is -3.57. The van der Waals surface area contributed by atoms with Crippen molar-refractivity contribution in [3.8, 4) is 0 Å². The zero-order valence-electron chi connectivity index (χ0n) is 15.3. The fraction of sp³-hybridized carbons (Fsp3) is 0.316. The molecule has 2 rings (SSSR count). The highest BCUT2D eigenvalue weighted by Gasteiger charge is 2.23. The van der Waals surface area contributed by atoms with Gasteiger partial charge in [0.25, 0.3) is 5.91 Å². The first-order chi connectivity index (χ1) is 12.0. The molecule has 1 N–H and O–H groups in total. The Hall–Kier alpha value is -1.70. The van der Waals surface area contributed by atoms with Crippen LogP contribution in [0.3, 0.4) is 0 Å². The summed E-state index contributed by atoms with van der Waals surface area (Å²) in [4.78, 5) is 12.6. The molecule has 1 amide bonds. The first-order valence-electron chi connectivity index (χ1n) is 8.11. The first kappa shape index (κ1) is 20.6. The van der Waals surface area contributed by atoms with E-state index in [1.54, 1.807) is 12.1 Å². The van der Waals surface area contributed by atoms with Gasteiger partial charge in [-0.3, -0.25) is 4.79 Å². The number of nitrogens with zero attached hydrogens (tertiary/aromatic N) is 1. The van der Waals surface area contributed by atoms with Crippen LogP contribution in [-0.2, 0) is 15.4 Å². The number of amides is 1. The molecule has 2 aromatic carbocycles. The highest BCUT2D eigenvalue weighted by atomic mass is 79.9. The van der Waals surface area contributed by atoms with Crippen molar-refractivity contribution < 1.29 is 13.2 Å². The monoisotopic (exact) mass is 438 g/mol. The van der Waals surface area contributed by atoms with Gasteiger partial charge in [-0.05, 0) is 35.9 Å². The van der Waals surface area contributed by atoms with Crippen LogP contribution >= 0.6 is 15.9 Å². The second kappa shape index (κ2) is 7.90. The number of carbonyl (C=O) groups excluding carboxylic acids is 1. The van der Waals surface area contributed by atoms with Gasteiger partial charge in [0, 0.05) is 36.1 Å². The van der Waals surface area contributed by atoms with Gasteiger partial charge in [0.2, 0.25) is 10.0 Å². The van der Waals surface area contributed by atoms with E-state index in [1.807, 2.05) is 38.1 Å². The second-order valence-corrected chi connectivity index (χ2v) is 9.96. The molecule has 0 spiro atoms. The lowest BCUT2D eigenvalue weighted by Gasteiger charge is -2.26. The molecule has 0 unspecified atom stereocenters. The number of carbonyl (C=O) groups is 1. The summed E-state index contributed by atoms with van der Waals surface area (Å²) in [5.41, 5.74) is 1.16. The normalized spacial score (nSPS) is 12.2. The fourth-order valence-electron chi connectivity index (χ4n) is 2.42. The lowest BCUT2D eigenvalue weighted by atomic mass is 9.84. The topological polar surface area (TPSA) is 66.5 Å². The van der Waals surface area contributed by atoms with Crippen LogP contribution in [0.1, 0.15) is 29.8 Å². The Balaban J connectivity index is 2.14. The van der Waals surface area contributed by atoms with E-state index in [-0.39, 0.29) is 16.2 Å². The van der Waals surface area contributed by atoms with Crippen LogP contribution in [0.2, 0.25) is 0 Å². The minimum absolute atomic E-state index is 0.0994. The van der Waals surface area contributed by atoms with Crippen LogP contribution in [0.25, 0.3) is 0 Å². The van der Waals surface area contributed by atoms with Crippen LogP contribution < -0.4 is 5.32 Å². The van der Waals surface area contributed by atoms with Gasteiger partial charge < -0.3 is 5.32 Å². The molecule has 0 radical (unpaired) electrons. The summed E-state index contributed by atoms with van der Waals surface area (Å²) in [6.45, 7) is 4.52. The summed E-state index contributed by atoms with van der Waals surface area (Å²) >= 11 is 3.42. The molecule has 2 aromatic rings. The predicted molar refractivity (Wildman–Crippen MR) is 107 cm³/mol. The summed E-state index contributed by atoms with van der Waals surface area (Å²) in [6, 6.07) is 14.0. The van der Waals surface area contributed by atoms with Gasteiger partial charge in [-0.25, -0.2) is 12.7 Å². The SMILES string of the molecule is CN(C)S(=O)(=O)c1cccc(C(=O)NCC(C)(C)c2ccc(Br)cc2)c1. The minimum Gasteiger partial charge on any atom is -0.351 e. The molecule has 0 saturated carbocycles. The van der Waals surface area contributed by atoms with Crippen LogP contribution in [0, 0.1) is 0 Å². The van der Waals surface area contributed by atoms with E-state index < -0.39 is 10.0 Å². The third-order valence-corrected chi connectivity index (χ3v) is 6.53. The molecule has 0 heterocycles. The second-order valence-electron chi connectivity index (χ2n) is 6.89. The van der Waals surface area contributed by atoms with Gasteiger partial charge >= 0.3 is 0 Å². The number of sulfonamides is 1. The van der Waals surface area contributed by atoms with Gasteiger partial charge in [-0.1, -0.05) is 48.0 Å². The highest BCUT2D eigenvalue weighted by molar-refractivity contribution is 9.10. The predicted octanol–water partition coefficient (Wildman–Crippen LogP) is 3.41. The number of rotatable bonds is 6. The summed E-state index contributed by atoms with van der Waals surface area (Å²) < 4.78 is 26.6. The van der Waals surface area contributed by atoms with Crippen LogP contribution in [0.5, 0.6) is 0 Å². The van der Waals surface area contributed by atoms with E-state index in [4.69, 9.17) is 0 Å². The Morgan fingerprint density at radius 1 is 1.12 bits per heavy atom. The van der Waals surface area contributed by atoms with E-state index in [2.05, 4.69) is 21.2 Å². The molecule has 0 fully saturated rings. The van der Waals surface area contributed by atoms with Crippen LogP contribution in [0.4, 0.5) is 0 Å². The lowest BCUT2D eigenvalue weighted by Crippen LogP contribution is -2.36. The van der Waals surface area contributed by atoms with Crippen molar-refractivity contribution in [3.05, 3.63) is 64.1 Å². The molecular formula is C19H23BrN2O3S. The largest absolute Gasteiger partial charge is 0.351 e. The maximum Gasteiger partial charge on any atom is 0.251 e. The third-order valence-electron chi connectivity index (χ3n) is 4.19. The third kappa shape index (κ3) is 4.72. The quantitative estimate of drug-likeness (QED) is 0.751. The molecule has 0 saturated heterocycles. The molecule has 0 aliphatic rings. The van der Waals surface area contributed by atoms with Crippen molar-refractivity contribution in [1.82, 2.24) is 9.62 Å². The Labute approximate surface area is 163 Å². The van der Waals surface area contributed by atoms with E-state index in [0.717, 1.165) is 14.3 Å². The highest BCUT2D eigenvalue weighted by Crippen LogP contribution is 2.24. The van der Waals surface area contributed by atoms with Crippen molar-refractivity contribution >= 4 is 31.9 Å². The Kier molecular flexibility index (Phi) is 6.26. The van der Waals surface area contributed by atoms with Crippen molar-refractivity contribution in [2.24, 2.45) is 0 Å². The molecule has 5 nitrogen and oxygen atoms in total. The number of hydrogen-bond donors (Lipinski definition) is 1. The molecule has 0 bridgehead atoms. The maximum absolute atomic E-state index is 12.5. The van der Waals surface area contributed by atoms with E-state index in [9.17, 15) is 13.2 Å². The van der Waals surface area contributed by atoms with Gasteiger partial charge in [0.05, 0.1) is 4.90 Å². The van der Waals surface area contributed by atoms with Crippen molar-refractivity contribution in [3.63, 3.8) is 0 Å². The molecule has 0 atom stereocenters. The molecule has 26 heavy (non-hydrogen) atoms. The number of nitrogens with one attached hydrogen (secondary N) is 1. The van der Waals surface area contributed by atoms with Crippen LogP contribution in [-0.4, -0.2) is 39.3 Å². The molecule has 0 aromatic heterocycles.